The molecule has 5 rings (SSSR count). The number of aryl methyl sites for hydroxylation is 2. The highest BCUT2D eigenvalue weighted by Crippen LogP contribution is 2.34. The number of hydrogen-bond donors (Lipinski definition) is 0. The molecule has 1 fully saturated rings. The third-order valence-electron chi connectivity index (χ3n) is 6.78. The van der Waals surface area contributed by atoms with Crippen molar-refractivity contribution in [1.29, 1.82) is 0 Å². The average molecular weight is 535 g/mol. The second-order valence-electron chi connectivity index (χ2n) is 9.62. The molecule has 4 aromatic rings. The predicted octanol–water partition coefficient (Wildman–Crippen LogP) is 5.72. The van der Waals surface area contributed by atoms with Crippen LogP contribution in [-0.4, -0.2) is 41.2 Å². The molecule has 0 unspecified atom stereocenters. The first-order valence-electron chi connectivity index (χ1n) is 12.5. The zero-order valence-electron chi connectivity index (χ0n) is 21.2. The Balaban J connectivity index is 1.49. The molecule has 0 N–H and O–H groups in total. The number of thiazole rings is 1. The standard InChI is InChI=1S/C28H30N4O3S2/c1-19-16-20(2)26-25(17-19)30-28(36-26)31(18-23-9-4-6-14-29-23)27(33)22-10-12-24(13-11-22)37(34,35)32-15-7-5-8-21(32)3/h4,6,9-14,16-17,21H,5,7-8,15,18H2,1-3H3/t21-/m0/s1. The van der Waals surface area contributed by atoms with Crippen molar-refractivity contribution >= 4 is 42.6 Å². The van der Waals surface area contributed by atoms with E-state index < -0.39 is 10.0 Å². The summed E-state index contributed by atoms with van der Waals surface area (Å²) in [5, 5.41) is 0.582. The smallest absolute Gasteiger partial charge is 0.260 e. The van der Waals surface area contributed by atoms with Crippen LogP contribution in [-0.2, 0) is 16.6 Å². The summed E-state index contributed by atoms with van der Waals surface area (Å²) in [6.07, 6.45) is 4.46. The third kappa shape index (κ3) is 5.16. The SMILES string of the molecule is Cc1cc(C)c2sc(N(Cc3ccccn3)C(=O)c3ccc(S(=O)(=O)N4CCCC[C@@H]4C)cc3)nc2c1. The minimum absolute atomic E-state index is 0.0277. The van der Waals surface area contributed by atoms with Crippen LogP contribution < -0.4 is 4.90 Å². The quantitative estimate of drug-likeness (QED) is 0.316. The summed E-state index contributed by atoms with van der Waals surface area (Å²) in [6.45, 7) is 6.81. The van der Waals surface area contributed by atoms with E-state index in [0.29, 0.717) is 17.2 Å². The summed E-state index contributed by atoms with van der Waals surface area (Å²) in [4.78, 5) is 24.8. The molecule has 1 aliphatic heterocycles. The van der Waals surface area contributed by atoms with E-state index in [2.05, 4.69) is 11.1 Å². The number of fused-ring (bicyclic) bond motifs is 1. The van der Waals surface area contributed by atoms with E-state index in [1.165, 1.54) is 23.5 Å². The minimum Gasteiger partial charge on any atom is -0.278 e. The van der Waals surface area contributed by atoms with Gasteiger partial charge in [0.2, 0.25) is 10.0 Å². The van der Waals surface area contributed by atoms with Crippen molar-refractivity contribution in [2.24, 2.45) is 0 Å². The second-order valence-corrected chi connectivity index (χ2v) is 12.5. The average Bonchev–Trinajstić information content (AvgIpc) is 3.32. The van der Waals surface area contributed by atoms with Crippen molar-refractivity contribution in [3.05, 3.63) is 83.2 Å². The van der Waals surface area contributed by atoms with Crippen LogP contribution in [0.25, 0.3) is 10.2 Å². The molecular weight excluding hydrogens is 504 g/mol. The highest BCUT2D eigenvalue weighted by atomic mass is 32.2. The fourth-order valence-corrected chi connectivity index (χ4v) is 7.56. The lowest BCUT2D eigenvalue weighted by atomic mass is 10.1. The van der Waals surface area contributed by atoms with Crippen molar-refractivity contribution < 1.29 is 13.2 Å². The van der Waals surface area contributed by atoms with Crippen LogP contribution >= 0.6 is 11.3 Å². The Bertz CT molecular complexity index is 1530. The van der Waals surface area contributed by atoms with Gasteiger partial charge in [0.15, 0.2) is 5.13 Å². The Labute approximate surface area is 221 Å². The molecule has 37 heavy (non-hydrogen) atoms. The van der Waals surface area contributed by atoms with E-state index in [9.17, 15) is 13.2 Å². The van der Waals surface area contributed by atoms with Gasteiger partial charge >= 0.3 is 0 Å². The van der Waals surface area contributed by atoms with Crippen LogP contribution in [0.15, 0.2) is 65.7 Å². The number of piperidine rings is 1. The molecular formula is C28H30N4O3S2. The Kier molecular flexibility index (Phi) is 7.11. The first-order valence-corrected chi connectivity index (χ1v) is 14.7. The molecule has 1 atom stereocenters. The van der Waals surface area contributed by atoms with Crippen LogP contribution in [0, 0.1) is 13.8 Å². The number of amides is 1. The molecule has 0 spiro atoms. The fourth-order valence-electron chi connectivity index (χ4n) is 4.85. The van der Waals surface area contributed by atoms with Gasteiger partial charge in [-0.05, 0) is 87.2 Å². The van der Waals surface area contributed by atoms with Crippen LogP contribution in [0.1, 0.15) is 53.4 Å². The topological polar surface area (TPSA) is 83.5 Å². The van der Waals surface area contributed by atoms with Gasteiger partial charge in [0.05, 0.1) is 27.4 Å². The van der Waals surface area contributed by atoms with Gasteiger partial charge in [0.1, 0.15) is 0 Å². The van der Waals surface area contributed by atoms with Crippen LogP contribution in [0.2, 0.25) is 0 Å². The van der Waals surface area contributed by atoms with E-state index in [0.717, 1.165) is 46.3 Å². The molecule has 1 aliphatic rings. The van der Waals surface area contributed by atoms with E-state index in [-0.39, 0.29) is 23.4 Å². The summed E-state index contributed by atoms with van der Waals surface area (Å²) in [7, 11) is -3.61. The van der Waals surface area contributed by atoms with Gasteiger partial charge in [-0.1, -0.05) is 29.9 Å². The maximum absolute atomic E-state index is 13.8. The van der Waals surface area contributed by atoms with E-state index in [1.807, 2.05) is 45.0 Å². The van der Waals surface area contributed by atoms with Crippen molar-refractivity contribution in [1.82, 2.24) is 14.3 Å². The Hall–Kier alpha value is -3.14. The van der Waals surface area contributed by atoms with Gasteiger partial charge in [0.25, 0.3) is 5.91 Å². The minimum atomic E-state index is -3.61. The zero-order valence-corrected chi connectivity index (χ0v) is 22.8. The number of aromatic nitrogens is 2. The second kappa shape index (κ2) is 10.3. The maximum atomic E-state index is 13.8. The van der Waals surface area contributed by atoms with Gasteiger partial charge in [-0.3, -0.25) is 14.7 Å². The molecule has 9 heteroatoms. The number of pyridine rings is 1. The molecule has 7 nitrogen and oxygen atoms in total. The van der Waals surface area contributed by atoms with Crippen LogP contribution in [0.3, 0.4) is 0 Å². The summed E-state index contributed by atoms with van der Waals surface area (Å²) < 4.78 is 29.1. The number of carbonyl (C=O) groups is 1. The van der Waals surface area contributed by atoms with Crippen molar-refractivity contribution in [3.8, 4) is 0 Å². The number of hydrogen-bond acceptors (Lipinski definition) is 6. The van der Waals surface area contributed by atoms with Crippen LogP contribution in [0.4, 0.5) is 5.13 Å². The van der Waals surface area contributed by atoms with Crippen molar-refractivity contribution in [2.75, 3.05) is 11.4 Å². The largest absolute Gasteiger partial charge is 0.278 e. The van der Waals surface area contributed by atoms with Gasteiger partial charge in [0, 0.05) is 24.3 Å². The molecule has 2 aromatic heterocycles. The van der Waals surface area contributed by atoms with Crippen molar-refractivity contribution in [2.45, 2.75) is 57.5 Å². The Morgan fingerprint density at radius 3 is 2.59 bits per heavy atom. The molecule has 0 bridgehead atoms. The van der Waals surface area contributed by atoms with Gasteiger partial charge in [-0.2, -0.15) is 4.31 Å². The van der Waals surface area contributed by atoms with Gasteiger partial charge < -0.3 is 0 Å². The number of sulfonamides is 1. The molecule has 3 heterocycles. The summed E-state index contributed by atoms with van der Waals surface area (Å²) >= 11 is 1.47. The number of anilines is 1. The number of nitrogens with zero attached hydrogens (tertiary/aromatic N) is 4. The molecule has 2 aromatic carbocycles. The summed E-state index contributed by atoms with van der Waals surface area (Å²) in [5.41, 5.74) is 4.22. The van der Waals surface area contributed by atoms with Crippen LogP contribution in [0.5, 0.6) is 0 Å². The monoisotopic (exact) mass is 534 g/mol. The third-order valence-corrected chi connectivity index (χ3v) is 10.0. The van der Waals surface area contributed by atoms with E-state index in [4.69, 9.17) is 4.98 Å². The van der Waals surface area contributed by atoms with Gasteiger partial charge in [-0.15, -0.1) is 0 Å². The molecule has 1 amide bonds. The maximum Gasteiger partial charge on any atom is 0.260 e. The van der Waals surface area contributed by atoms with Crippen molar-refractivity contribution in [3.63, 3.8) is 0 Å². The molecule has 0 radical (unpaired) electrons. The number of rotatable bonds is 6. The molecule has 0 saturated carbocycles. The first-order chi connectivity index (χ1) is 17.7. The number of carbonyl (C=O) groups excluding carboxylic acids is 1. The number of benzene rings is 2. The Morgan fingerprint density at radius 2 is 1.89 bits per heavy atom. The van der Waals surface area contributed by atoms with Gasteiger partial charge in [-0.25, -0.2) is 13.4 Å². The normalized spacial score (nSPS) is 16.7. The predicted molar refractivity (Wildman–Crippen MR) is 147 cm³/mol. The highest BCUT2D eigenvalue weighted by molar-refractivity contribution is 7.89. The lowest BCUT2D eigenvalue weighted by Crippen LogP contribution is -2.41. The lowest BCUT2D eigenvalue weighted by molar-refractivity contribution is 0.0984. The van der Waals surface area contributed by atoms with E-state index in [1.54, 1.807) is 27.5 Å². The molecule has 0 aliphatic carbocycles. The highest BCUT2D eigenvalue weighted by Gasteiger charge is 2.31. The van der Waals surface area contributed by atoms with E-state index >= 15 is 0 Å². The Morgan fingerprint density at radius 1 is 1.11 bits per heavy atom. The zero-order chi connectivity index (χ0) is 26.2. The molecule has 192 valence electrons. The molecule has 1 saturated heterocycles. The summed E-state index contributed by atoms with van der Waals surface area (Å²) in [5.74, 6) is -0.255. The lowest BCUT2D eigenvalue weighted by Gasteiger charge is -2.32. The summed E-state index contributed by atoms with van der Waals surface area (Å²) in [6, 6.07) is 16.0. The fraction of sp³-hybridized carbons (Fsp3) is 0.321. The first kappa shape index (κ1) is 25.5.